The number of fused-ring (bicyclic) bond motifs is 2. The number of carbonyl (C=O) groups is 3. The summed E-state index contributed by atoms with van der Waals surface area (Å²) < 4.78 is 51.8. The molecule has 53 heavy (non-hydrogen) atoms. The van der Waals surface area contributed by atoms with E-state index in [9.17, 15) is 27.6 Å². The Kier molecular flexibility index (Phi) is 12.6. The Morgan fingerprint density at radius 3 is 2.47 bits per heavy atom. The minimum atomic E-state index is -1.35. The number of carbonyl (C=O) groups excluding carboxylic acids is 3. The van der Waals surface area contributed by atoms with Crippen LogP contribution in [-0.4, -0.2) is 78.7 Å². The lowest BCUT2D eigenvalue weighted by atomic mass is 9.81. The molecule has 1 saturated heterocycles. The maximum Gasteiger partial charge on any atom is 0.318 e. The fraction of sp³-hybridized carbons (Fsp3) is 0.425. The molecule has 0 radical (unpaired) electrons. The van der Waals surface area contributed by atoms with Crippen LogP contribution in [-0.2, 0) is 27.3 Å². The van der Waals surface area contributed by atoms with Crippen LogP contribution in [0.2, 0.25) is 5.02 Å². The molecular formula is C40H44ClF3N4O5. The highest BCUT2D eigenvalue weighted by atomic mass is 35.5. The Morgan fingerprint density at radius 2 is 1.74 bits per heavy atom. The van der Waals surface area contributed by atoms with Gasteiger partial charge < -0.3 is 29.9 Å². The van der Waals surface area contributed by atoms with Crippen molar-refractivity contribution in [2.45, 2.75) is 76.5 Å². The van der Waals surface area contributed by atoms with Gasteiger partial charge >= 0.3 is 12.0 Å². The molecule has 2 heterocycles. The SMILES string of the molecule is CCOC(=O)CCCNC(=O)N1C2CNCC1C(C(=O)N(Cc1ccccc1Cl)C1CC1)=C(c1ccc(CCCOc3c(F)ccc(F)c3F)cc1)C2. The minimum Gasteiger partial charge on any atom is -0.488 e. The summed E-state index contributed by atoms with van der Waals surface area (Å²) >= 11 is 6.56. The normalized spacial score (nSPS) is 18.1. The number of ether oxygens (including phenoxy) is 2. The lowest BCUT2D eigenvalue weighted by molar-refractivity contribution is -0.143. The van der Waals surface area contributed by atoms with E-state index >= 15 is 0 Å². The third kappa shape index (κ3) is 9.16. The van der Waals surface area contributed by atoms with Gasteiger partial charge in [0.1, 0.15) is 0 Å². The summed E-state index contributed by atoms with van der Waals surface area (Å²) in [4.78, 5) is 44.2. The maximum absolute atomic E-state index is 14.9. The van der Waals surface area contributed by atoms with Crippen molar-refractivity contribution in [3.8, 4) is 5.75 Å². The number of benzene rings is 3. The predicted molar refractivity (Wildman–Crippen MR) is 195 cm³/mol. The molecule has 2 atom stereocenters. The first-order chi connectivity index (χ1) is 25.7. The zero-order chi connectivity index (χ0) is 37.5. The van der Waals surface area contributed by atoms with Crippen molar-refractivity contribution in [3.05, 3.63) is 105 Å². The molecule has 1 saturated carbocycles. The van der Waals surface area contributed by atoms with Crippen molar-refractivity contribution in [1.29, 1.82) is 0 Å². The van der Waals surface area contributed by atoms with Crippen LogP contribution in [0.15, 0.2) is 66.2 Å². The molecule has 13 heteroatoms. The molecule has 3 aliphatic rings. The molecule has 282 valence electrons. The Morgan fingerprint density at radius 1 is 0.981 bits per heavy atom. The van der Waals surface area contributed by atoms with Crippen LogP contribution in [0.1, 0.15) is 62.1 Å². The van der Waals surface area contributed by atoms with E-state index in [0.29, 0.717) is 69.1 Å². The Labute approximate surface area is 312 Å². The molecule has 0 aromatic heterocycles. The highest BCUT2D eigenvalue weighted by Crippen LogP contribution is 2.40. The number of rotatable bonds is 15. The monoisotopic (exact) mass is 752 g/mol. The van der Waals surface area contributed by atoms with Crippen molar-refractivity contribution in [2.24, 2.45) is 0 Å². The van der Waals surface area contributed by atoms with Gasteiger partial charge in [-0.15, -0.1) is 0 Å². The highest BCUT2D eigenvalue weighted by molar-refractivity contribution is 6.31. The lowest BCUT2D eigenvalue weighted by Gasteiger charge is -2.48. The number of halogens is 4. The molecule has 9 nitrogen and oxygen atoms in total. The van der Waals surface area contributed by atoms with Crippen LogP contribution in [0.4, 0.5) is 18.0 Å². The molecule has 2 fully saturated rings. The first-order valence-corrected chi connectivity index (χ1v) is 18.6. The van der Waals surface area contributed by atoms with Crippen molar-refractivity contribution >= 4 is 35.1 Å². The van der Waals surface area contributed by atoms with E-state index in [-0.39, 0.29) is 43.0 Å². The van der Waals surface area contributed by atoms with E-state index in [1.54, 1.807) is 11.8 Å². The summed E-state index contributed by atoms with van der Waals surface area (Å²) in [5, 5.41) is 6.99. The quantitative estimate of drug-likeness (QED) is 0.101. The van der Waals surface area contributed by atoms with Crippen LogP contribution in [0, 0.1) is 17.5 Å². The lowest BCUT2D eigenvalue weighted by Crippen LogP contribution is -2.65. The standard InChI is InChI=1S/C40H44ClF3N4O5/c1-2-52-35(49)10-5-19-46-40(51)48-29-21-30(26-13-11-25(12-14-26)7-6-20-53-38-33(43)18-17-32(42)37(38)44)36(34(48)23-45-22-29)39(50)47(28-15-16-28)24-27-8-3-4-9-31(27)41/h3-4,8-9,11-14,17-18,28-29,34,45H,2,5-7,10,15-16,19-24H2,1H3,(H,46,51). The number of nitrogens with zero attached hydrogens (tertiary/aromatic N) is 2. The van der Waals surface area contributed by atoms with Crippen LogP contribution < -0.4 is 15.4 Å². The van der Waals surface area contributed by atoms with Gasteiger partial charge in [-0.3, -0.25) is 9.59 Å². The zero-order valence-corrected chi connectivity index (χ0v) is 30.4. The third-order valence-electron chi connectivity index (χ3n) is 9.86. The van der Waals surface area contributed by atoms with Crippen LogP contribution >= 0.6 is 11.6 Å². The zero-order valence-electron chi connectivity index (χ0n) is 29.6. The number of esters is 1. The second-order valence-corrected chi connectivity index (χ2v) is 14.0. The first kappa shape index (κ1) is 38.2. The number of hydrogen-bond donors (Lipinski definition) is 2. The van der Waals surface area contributed by atoms with Gasteiger partial charge in [-0.1, -0.05) is 54.1 Å². The molecule has 2 bridgehead atoms. The van der Waals surface area contributed by atoms with Gasteiger partial charge in [-0.05, 0) is 85.9 Å². The Bertz CT molecular complexity index is 1840. The summed E-state index contributed by atoms with van der Waals surface area (Å²) in [7, 11) is 0. The number of nitrogens with one attached hydrogen (secondary N) is 2. The molecule has 3 aromatic carbocycles. The molecule has 3 amide bonds. The van der Waals surface area contributed by atoms with E-state index in [0.717, 1.165) is 47.2 Å². The molecule has 2 aliphatic heterocycles. The van der Waals surface area contributed by atoms with Gasteiger partial charge in [-0.2, -0.15) is 4.39 Å². The van der Waals surface area contributed by atoms with Crippen LogP contribution in [0.5, 0.6) is 5.75 Å². The molecule has 2 N–H and O–H groups in total. The van der Waals surface area contributed by atoms with Crippen molar-refractivity contribution < 1.29 is 37.0 Å². The second kappa shape index (κ2) is 17.5. The van der Waals surface area contributed by atoms with Crippen molar-refractivity contribution in [1.82, 2.24) is 20.4 Å². The highest BCUT2D eigenvalue weighted by Gasteiger charge is 2.46. The van der Waals surface area contributed by atoms with Crippen LogP contribution in [0.25, 0.3) is 5.57 Å². The van der Waals surface area contributed by atoms with Crippen LogP contribution in [0.3, 0.4) is 0 Å². The summed E-state index contributed by atoms with van der Waals surface area (Å²) in [6, 6.07) is 15.9. The number of hydrogen-bond acceptors (Lipinski definition) is 6. The van der Waals surface area contributed by atoms with E-state index in [4.69, 9.17) is 21.1 Å². The van der Waals surface area contributed by atoms with Gasteiger partial charge in [-0.25, -0.2) is 13.6 Å². The molecule has 6 rings (SSSR count). The second-order valence-electron chi connectivity index (χ2n) is 13.5. The molecule has 1 aliphatic carbocycles. The van der Waals surface area contributed by atoms with E-state index in [2.05, 4.69) is 10.6 Å². The minimum absolute atomic E-state index is 0.0115. The van der Waals surface area contributed by atoms with Crippen molar-refractivity contribution in [2.75, 3.05) is 32.8 Å². The predicted octanol–water partition coefficient (Wildman–Crippen LogP) is 6.81. The van der Waals surface area contributed by atoms with Gasteiger partial charge in [0, 0.05) is 49.2 Å². The van der Waals surface area contributed by atoms with Crippen molar-refractivity contribution in [3.63, 3.8) is 0 Å². The largest absolute Gasteiger partial charge is 0.488 e. The van der Waals surface area contributed by atoms with Gasteiger partial charge in [0.2, 0.25) is 5.82 Å². The third-order valence-corrected chi connectivity index (χ3v) is 10.2. The fourth-order valence-electron chi connectivity index (χ4n) is 7.08. The fourth-order valence-corrected chi connectivity index (χ4v) is 7.28. The Balaban J connectivity index is 1.24. The van der Waals surface area contributed by atoms with Gasteiger partial charge in [0.25, 0.3) is 5.91 Å². The number of urea groups is 1. The summed E-state index contributed by atoms with van der Waals surface area (Å²) in [5.41, 5.74) is 4.12. The first-order valence-electron chi connectivity index (χ1n) is 18.2. The molecular weight excluding hydrogens is 709 g/mol. The average Bonchev–Trinajstić information content (AvgIpc) is 3.99. The topological polar surface area (TPSA) is 100 Å². The molecule has 0 spiro atoms. The number of amides is 3. The van der Waals surface area contributed by atoms with E-state index < -0.39 is 29.2 Å². The van der Waals surface area contributed by atoms with Gasteiger partial charge in [0.05, 0.1) is 25.3 Å². The van der Waals surface area contributed by atoms with E-state index in [1.807, 2.05) is 53.4 Å². The Hall–Kier alpha value is -4.55. The molecule has 3 aromatic rings. The number of aryl methyl sites for hydroxylation is 1. The van der Waals surface area contributed by atoms with Gasteiger partial charge in [0.15, 0.2) is 17.4 Å². The number of piperazine rings is 1. The smallest absolute Gasteiger partial charge is 0.318 e. The summed E-state index contributed by atoms with van der Waals surface area (Å²) in [5.74, 6) is -4.66. The average molecular weight is 753 g/mol. The molecule has 2 unspecified atom stereocenters. The summed E-state index contributed by atoms with van der Waals surface area (Å²) in [6.07, 6.45) is 3.81. The summed E-state index contributed by atoms with van der Waals surface area (Å²) in [6.45, 7) is 3.62. The van der Waals surface area contributed by atoms with E-state index in [1.165, 1.54) is 0 Å². The maximum atomic E-state index is 14.9.